The number of anilines is 3. The number of hydrogen-bond donors (Lipinski definition) is 2. The lowest BCUT2D eigenvalue weighted by Gasteiger charge is -2.36. The van der Waals surface area contributed by atoms with E-state index in [1.165, 1.54) is 22.6 Å². The van der Waals surface area contributed by atoms with Crippen molar-refractivity contribution in [3.8, 4) is 0 Å². The van der Waals surface area contributed by atoms with Gasteiger partial charge in [0.05, 0.1) is 27.8 Å². The number of carbonyl (C=O) groups excluding carboxylic acids is 1. The summed E-state index contributed by atoms with van der Waals surface area (Å²) < 4.78 is 2.82. The Kier molecular flexibility index (Phi) is 7.44. The molecule has 0 saturated carbocycles. The molecule has 0 spiro atoms. The number of carbonyl (C=O) groups is 1. The van der Waals surface area contributed by atoms with E-state index in [4.69, 9.17) is 11.6 Å². The molecule has 0 unspecified atom stereocenters. The number of rotatable bonds is 8. The molecule has 36 heavy (non-hydrogen) atoms. The van der Waals surface area contributed by atoms with E-state index < -0.39 is 0 Å². The predicted octanol–water partition coefficient (Wildman–Crippen LogP) is 5.26. The van der Waals surface area contributed by atoms with E-state index in [1.807, 2.05) is 30.5 Å². The first kappa shape index (κ1) is 24.2. The summed E-state index contributed by atoms with van der Waals surface area (Å²) in [6.07, 6.45) is 3.79. The number of aromatic nitrogens is 2. The zero-order valence-electron chi connectivity index (χ0n) is 20.2. The number of nitrogens with zero attached hydrogens (tertiary/aromatic N) is 4. The van der Waals surface area contributed by atoms with E-state index in [2.05, 4.69) is 73.6 Å². The summed E-state index contributed by atoms with van der Waals surface area (Å²) in [5, 5.41) is 6.66. The molecule has 2 N–H and O–H groups in total. The van der Waals surface area contributed by atoms with E-state index in [0.29, 0.717) is 28.8 Å². The molecule has 4 aromatic rings. The molecule has 0 aliphatic carbocycles. The molecule has 1 fully saturated rings. The lowest BCUT2D eigenvalue weighted by Crippen LogP contribution is -2.48. The minimum Gasteiger partial charge on any atom is -0.388 e. The number of imidazole rings is 1. The topological polar surface area (TPSA) is 65.4 Å². The fraction of sp³-hybridized carbons (Fsp3) is 0.259. The first-order valence-corrected chi connectivity index (χ1v) is 13.2. The van der Waals surface area contributed by atoms with Crippen molar-refractivity contribution in [2.24, 2.45) is 0 Å². The summed E-state index contributed by atoms with van der Waals surface area (Å²) in [6.45, 7) is 4.51. The molecule has 2 aromatic carbocycles. The normalized spacial score (nSPS) is 13.6. The number of piperazine rings is 1. The van der Waals surface area contributed by atoms with Crippen LogP contribution in [0, 0.1) is 0 Å². The number of halogens is 1. The Morgan fingerprint density at radius 3 is 2.36 bits per heavy atom. The standard InChI is InChI=1S/C27H29ClN6OS/c1-29-21-4-2-20(3-5-21)18-34-19-30-16-24(34)17-31-22-6-8-23(9-7-22)32-12-14-33(15-13-32)27(35)25-10-11-26(28)36-25/h2-11,16,19,29,31H,12-15,17-18H2,1H3. The van der Waals surface area contributed by atoms with Crippen LogP contribution in [0.1, 0.15) is 20.9 Å². The molecule has 0 radical (unpaired) electrons. The Balaban J connectivity index is 1.13. The third-order valence-corrected chi connectivity index (χ3v) is 7.67. The largest absolute Gasteiger partial charge is 0.388 e. The molecule has 1 saturated heterocycles. The monoisotopic (exact) mass is 520 g/mol. The molecular formula is C27H29ClN6OS. The van der Waals surface area contributed by atoms with Crippen LogP contribution in [0.2, 0.25) is 4.34 Å². The number of hydrogen-bond acceptors (Lipinski definition) is 6. The SMILES string of the molecule is CNc1ccc(Cn2cncc2CNc2ccc(N3CCN(C(=O)c4ccc(Cl)s4)CC3)cc2)cc1. The Morgan fingerprint density at radius 2 is 1.69 bits per heavy atom. The van der Waals surface area contributed by atoms with Gasteiger partial charge < -0.3 is 25.0 Å². The van der Waals surface area contributed by atoms with Crippen LogP contribution in [0.25, 0.3) is 0 Å². The van der Waals surface area contributed by atoms with Crippen LogP contribution >= 0.6 is 22.9 Å². The second-order valence-corrected chi connectivity index (χ2v) is 10.5. The molecular weight excluding hydrogens is 492 g/mol. The number of amides is 1. The minimum atomic E-state index is 0.0697. The number of nitrogens with one attached hydrogen (secondary N) is 2. The summed E-state index contributed by atoms with van der Waals surface area (Å²) in [7, 11) is 1.92. The lowest BCUT2D eigenvalue weighted by atomic mass is 10.2. The summed E-state index contributed by atoms with van der Waals surface area (Å²) in [5.41, 5.74) is 5.70. The van der Waals surface area contributed by atoms with Crippen LogP contribution < -0.4 is 15.5 Å². The van der Waals surface area contributed by atoms with Crippen molar-refractivity contribution in [3.05, 3.63) is 93.7 Å². The van der Waals surface area contributed by atoms with Gasteiger partial charge in [-0.25, -0.2) is 4.98 Å². The molecule has 9 heteroatoms. The van der Waals surface area contributed by atoms with Crippen LogP contribution in [-0.4, -0.2) is 53.6 Å². The second-order valence-electron chi connectivity index (χ2n) is 8.74. The van der Waals surface area contributed by atoms with Gasteiger partial charge in [-0.3, -0.25) is 4.79 Å². The summed E-state index contributed by atoms with van der Waals surface area (Å²) in [6, 6.07) is 20.5. The molecule has 3 heterocycles. The molecule has 0 atom stereocenters. The second kappa shape index (κ2) is 11.1. The average Bonchev–Trinajstić information content (AvgIpc) is 3.56. The fourth-order valence-corrected chi connectivity index (χ4v) is 5.36. The van der Waals surface area contributed by atoms with Gasteiger partial charge in [0.2, 0.25) is 0 Å². The average molecular weight is 521 g/mol. The molecule has 5 rings (SSSR count). The highest BCUT2D eigenvalue weighted by atomic mass is 35.5. The van der Waals surface area contributed by atoms with Crippen LogP contribution in [-0.2, 0) is 13.1 Å². The molecule has 0 bridgehead atoms. The maximum atomic E-state index is 12.7. The van der Waals surface area contributed by atoms with E-state index in [9.17, 15) is 4.79 Å². The third kappa shape index (κ3) is 5.66. The van der Waals surface area contributed by atoms with Gasteiger partial charge in [-0.05, 0) is 54.1 Å². The lowest BCUT2D eigenvalue weighted by molar-refractivity contribution is 0.0751. The summed E-state index contributed by atoms with van der Waals surface area (Å²) >= 11 is 7.33. The van der Waals surface area contributed by atoms with Crippen molar-refractivity contribution < 1.29 is 4.79 Å². The Morgan fingerprint density at radius 1 is 0.972 bits per heavy atom. The Bertz CT molecular complexity index is 1290. The maximum Gasteiger partial charge on any atom is 0.264 e. The maximum absolute atomic E-state index is 12.7. The van der Waals surface area contributed by atoms with Crippen LogP contribution in [0.5, 0.6) is 0 Å². The predicted molar refractivity (Wildman–Crippen MR) is 149 cm³/mol. The van der Waals surface area contributed by atoms with Gasteiger partial charge in [0.15, 0.2) is 0 Å². The fourth-order valence-electron chi connectivity index (χ4n) is 4.35. The summed E-state index contributed by atoms with van der Waals surface area (Å²) in [4.78, 5) is 22.0. The highest BCUT2D eigenvalue weighted by Crippen LogP contribution is 2.25. The van der Waals surface area contributed by atoms with Crippen LogP contribution in [0.15, 0.2) is 73.2 Å². The van der Waals surface area contributed by atoms with Crippen LogP contribution in [0.4, 0.5) is 17.1 Å². The van der Waals surface area contributed by atoms with E-state index >= 15 is 0 Å². The van der Waals surface area contributed by atoms with E-state index in [0.717, 1.165) is 36.7 Å². The van der Waals surface area contributed by atoms with Gasteiger partial charge in [-0.2, -0.15) is 0 Å². The van der Waals surface area contributed by atoms with Crippen molar-refractivity contribution in [1.29, 1.82) is 0 Å². The van der Waals surface area contributed by atoms with Gasteiger partial charge in [0.1, 0.15) is 0 Å². The van der Waals surface area contributed by atoms with Crippen molar-refractivity contribution >= 4 is 45.9 Å². The smallest absolute Gasteiger partial charge is 0.264 e. The zero-order valence-corrected chi connectivity index (χ0v) is 21.7. The summed E-state index contributed by atoms with van der Waals surface area (Å²) in [5.74, 6) is 0.0697. The van der Waals surface area contributed by atoms with Gasteiger partial charge in [-0.1, -0.05) is 23.7 Å². The van der Waals surface area contributed by atoms with Crippen molar-refractivity contribution in [2.75, 3.05) is 48.8 Å². The minimum absolute atomic E-state index is 0.0697. The first-order chi connectivity index (χ1) is 17.6. The molecule has 7 nitrogen and oxygen atoms in total. The Labute approximate surface area is 220 Å². The molecule has 1 amide bonds. The molecule has 186 valence electrons. The van der Waals surface area contributed by atoms with Crippen molar-refractivity contribution in [1.82, 2.24) is 14.5 Å². The third-order valence-electron chi connectivity index (χ3n) is 6.45. The van der Waals surface area contributed by atoms with Gasteiger partial charge in [0.25, 0.3) is 5.91 Å². The van der Waals surface area contributed by atoms with Crippen molar-refractivity contribution in [3.63, 3.8) is 0 Å². The van der Waals surface area contributed by atoms with Gasteiger partial charge >= 0.3 is 0 Å². The molecule has 1 aliphatic rings. The van der Waals surface area contributed by atoms with Crippen molar-refractivity contribution in [2.45, 2.75) is 13.1 Å². The van der Waals surface area contributed by atoms with E-state index in [-0.39, 0.29) is 5.91 Å². The molecule has 2 aromatic heterocycles. The van der Waals surface area contributed by atoms with Gasteiger partial charge in [-0.15, -0.1) is 11.3 Å². The van der Waals surface area contributed by atoms with E-state index in [1.54, 1.807) is 6.07 Å². The van der Waals surface area contributed by atoms with Gasteiger partial charge in [0, 0.05) is 63.0 Å². The highest BCUT2D eigenvalue weighted by Gasteiger charge is 2.23. The number of thiophene rings is 1. The first-order valence-electron chi connectivity index (χ1n) is 12.0. The Hall–Kier alpha value is -3.49. The van der Waals surface area contributed by atoms with Crippen LogP contribution in [0.3, 0.4) is 0 Å². The molecule has 1 aliphatic heterocycles. The number of benzene rings is 2. The zero-order chi connectivity index (χ0) is 24.9. The highest BCUT2D eigenvalue weighted by molar-refractivity contribution is 7.17. The quantitative estimate of drug-likeness (QED) is 0.331.